The quantitative estimate of drug-likeness (QED) is 0.513. The van der Waals surface area contributed by atoms with E-state index in [-0.39, 0.29) is 12.6 Å². The maximum atomic E-state index is 8.81. The molecule has 0 aromatic carbocycles. The minimum absolute atomic E-state index is 0.194. The fourth-order valence-electron chi connectivity index (χ4n) is 0.705. The third-order valence-corrected chi connectivity index (χ3v) is 2.61. The summed E-state index contributed by atoms with van der Waals surface area (Å²) in [6.45, 7) is 6.70. The third-order valence-electron chi connectivity index (χ3n) is 1.32. The molecule has 0 aliphatic rings. The van der Waals surface area contributed by atoms with E-state index >= 15 is 0 Å². The number of hydrogen-bond acceptors (Lipinski definition) is 3. The summed E-state index contributed by atoms with van der Waals surface area (Å²) in [5.41, 5.74) is 0.341. The summed E-state index contributed by atoms with van der Waals surface area (Å²) in [5.74, 6) is 0. The molecule has 0 bridgehead atoms. The van der Waals surface area contributed by atoms with Gasteiger partial charge in [0.25, 0.3) is 0 Å². The van der Waals surface area contributed by atoms with E-state index in [1.54, 1.807) is 0 Å². The Labute approximate surface area is 82.6 Å². The second kappa shape index (κ2) is 5.65. The number of thiophene rings is 1. The van der Waals surface area contributed by atoms with Crippen molar-refractivity contribution in [1.82, 2.24) is 0 Å². The second-order valence-electron chi connectivity index (χ2n) is 3.50. The molecular formula is C10H14O2S. The second-order valence-corrected chi connectivity index (χ2v) is 4.45. The summed E-state index contributed by atoms with van der Waals surface area (Å²) in [7, 11) is 0. The first kappa shape index (κ1) is 12.0. The Kier molecular flexibility index (Phi) is 5.23. The zero-order valence-corrected chi connectivity index (χ0v) is 8.93. The molecule has 1 heterocycles. The van der Waals surface area contributed by atoms with Crippen LogP contribution in [-0.2, 0) is 15.0 Å². The lowest BCUT2D eigenvalue weighted by molar-refractivity contribution is -0.122. The van der Waals surface area contributed by atoms with Crippen molar-refractivity contribution in [3.05, 3.63) is 22.4 Å². The van der Waals surface area contributed by atoms with Crippen LogP contribution in [0.15, 0.2) is 17.5 Å². The molecule has 72 valence electrons. The van der Waals surface area contributed by atoms with Gasteiger partial charge in [-0.05, 0) is 16.9 Å². The van der Waals surface area contributed by atoms with Crippen molar-refractivity contribution in [3.8, 4) is 0 Å². The predicted molar refractivity (Wildman–Crippen MR) is 55.1 cm³/mol. The number of aldehydes is 2. The molecule has 2 nitrogen and oxygen atoms in total. The van der Waals surface area contributed by atoms with Gasteiger partial charge in [0.1, 0.15) is 0 Å². The molecule has 0 aliphatic carbocycles. The summed E-state index contributed by atoms with van der Waals surface area (Å²) >= 11 is 1.83. The maximum Gasteiger partial charge on any atom is 0.182 e. The third kappa shape index (κ3) is 5.31. The lowest BCUT2D eigenvalue weighted by Gasteiger charge is -2.14. The van der Waals surface area contributed by atoms with Crippen LogP contribution >= 0.6 is 11.3 Å². The smallest absolute Gasteiger partial charge is 0.182 e. The zero-order valence-electron chi connectivity index (χ0n) is 8.11. The molecule has 0 saturated carbocycles. The Hall–Kier alpha value is -0.960. The molecule has 0 fully saturated rings. The highest BCUT2D eigenvalue weighted by molar-refractivity contribution is 7.10. The predicted octanol–water partition coefficient (Wildman–Crippen LogP) is 2.43. The van der Waals surface area contributed by atoms with Gasteiger partial charge in [-0.2, -0.15) is 0 Å². The SMILES string of the molecule is CC(C)(C)c1cccs1.O=CC=O. The van der Waals surface area contributed by atoms with E-state index in [1.165, 1.54) is 4.88 Å². The molecule has 3 heteroatoms. The summed E-state index contributed by atoms with van der Waals surface area (Å²) in [5, 5.41) is 2.13. The van der Waals surface area contributed by atoms with Gasteiger partial charge in [0, 0.05) is 4.88 Å². The van der Waals surface area contributed by atoms with Crippen molar-refractivity contribution >= 4 is 23.9 Å². The molecule has 0 unspecified atom stereocenters. The van der Waals surface area contributed by atoms with Crippen molar-refractivity contribution in [1.29, 1.82) is 0 Å². The average Bonchev–Trinajstić information content (AvgIpc) is 2.55. The zero-order chi connectivity index (χ0) is 10.3. The molecule has 0 amide bonds. The number of rotatable bonds is 1. The van der Waals surface area contributed by atoms with Crippen molar-refractivity contribution in [3.63, 3.8) is 0 Å². The fraction of sp³-hybridized carbons (Fsp3) is 0.400. The Balaban J connectivity index is 0.000000310. The van der Waals surface area contributed by atoms with Gasteiger partial charge in [-0.1, -0.05) is 26.8 Å². The summed E-state index contributed by atoms with van der Waals surface area (Å²) < 4.78 is 0. The van der Waals surface area contributed by atoms with Gasteiger partial charge in [-0.25, -0.2) is 0 Å². The monoisotopic (exact) mass is 198 g/mol. The number of hydrogen-bond donors (Lipinski definition) is 0. The first-order valence-corrected chi connectivity index (χ1v) is 4.83. The van der Waals surface area contributed by atoms with Crippen LogP contribution in [0.25, 0.3) is 0 Å². The van der Waals surface area contributed by atoms with E-state index in [4.69, 9.17) is 9.59 Å². The van der Waals surface area contributed by atoms with Crippen LogP contribution in [0.4, 0.5) is 0 Å². The van der Waals surface area contributed by atoms with E-state index in [9.17, 15) is 0 Å². The number of carbonyl (C=O) groups is 2. The molecular weight excluding hydrogens is 184 g/mol. The first-order chi connectivity index (χ1) is 6.02. The standard InChI is InChI=1S/C8H12S.C2H2O2/c1-8(2,3)7-5-4-6-9-7;3-1-2-4/h4-6H,1-3H3;1-2H. The summed E-state index contributed by atoms with van der Waals surface area (Å²) in [4.78, 5) is 19.1. The fourth-order valence-corrected chi connectivity index (χ4v) is 1.52. The average molecular weight is 198 g/mol. The Morgan fingerprint density at radius 1 is 1.23 bits per heavy atom. The maximum absolute atomic E-state index is 8.81. The molecule has 0 aliphatic heterocycles. The van der Waals surface area contributed by atoms with Gasteiger partial charge >= 0.3 is 0 Å². The molecule has 0 atom stereocenters. The van der Waals surface area contributed by atoms with E-state index in [2.05, 4.69) is 38.3 Å². The van der Waals surface area contributed by atoms with Crippen molar-refractivity contribution < 1.29 is 9.59 Å². The van der Waals surface area contributed by atoms with Crippen molar-refractivity contribution in [2.24, 2.45) is 0 Å². The molecule has 0 saturated heterocycles. The van der Waals surface area contributed by atoms with Gasteiger partial charge in [-0.15, -0.1) is 11.3 Å². The molecule has 0 radical (unpaired) electrons. The lowest BCUT2D eigenvalue weighted by atomic mass is 9.95. The van der Waals surface area contributed by atoms with Crippen molar-refractivity contribution in [2.75, 3.05) is 0 Å². The first-order valence-electron chi connectivity index (χ1n) is 3.95. The van der Waals surface area contributed by atoms with Gasteiger partial charge in [-0.3, -0.25) is 9.59 Å². The minimum Gasteiger partial charge on any atom is -0.295 e. The van der Waals surface area contributed by atoms with E-state index in [0.717, 1.165) is 0 Å². The lowest BCUT2D eigenvalue weighted by Crippen LogP contribution is -2.07. The van der Waals surface area contributed by atoms with E-state index in [0.29, 0.717) is 5.41 Å². The van der Waals surface area contributed by atoms with Gasteiger partial charge < -0.3 is 0 Å². The molecule has 0 spiro atoms. The Morgan fingerprint density at radius 2 is 1.77 bits per heavy atom. The van der Waals surface area contributed by atoms with Gasteiger partial charge in [0.05, 0.1) is 0 Å². The topological polar surface area (TPSA) is 34.1 Å². The molecule has 1 aromatic heterocycles. The van der Waals surface area contributed by atoms with Crippen LogP contribution in [-0.4, -0.2) is 12.6 Å². The van der Waals surface area contributed by atoms with Gasteiger partial charge in [0.2, 0.25) is 0 Å². The van der Waals surface area contributed by atoms with Crippen LogP contribution < -0.4 is 0 Å². The highest BCUT2D eigenvalue weighted by Gasteiger charge is 2.13. The molecule has 1 aromatic rings. The normalized spacial score (nSPS) is 9.77. The van der Waals surface area contributed by atoms with Crippen LogP contribution in [0, 0.1) is 0 Å². The molecule has 13 heavy (non-hydrogen) atoms. The van der Waals surface area contributed by atoms with Crippen LogP contribution in [0.1, 0.15) is 25.6 Å². The summed E-state index contributed by atoms with van der Waals surface area (Å²) in [6, 6.07) is 4.29. The Bertz CT molecular complexity index is 238. The molecule has 0 N–H and O–H groups in total. The highest BCUT2D eigenvalue weighted by atomic mass is 32.1. The van der Waals surface area contributed by atoms with E-state index in [1.807, 2.05) is 11.3 Å². The minimum atomic E-state index is 0.194. The van der Waals surface area contributed by atoms with Crippen molar-refractivity contribution in [2.45, 2.75) is 26.2 Å². The molecule has 1 rings (SSSR count). The van der Waals surface area contributed by atoms with E-state index < -0.39 is 0 Å². The van der Waals surface area contributed by atoms with Crippen LogP contribution in [0.5, 0.6) is 0 Å². The van der Waals surface area contributed by atoms with Gasteiger partial charge in [0.15, 0.2) is 12.6 Å². The number of carbonyl (C=O) groups excluding carboxylic acids is 2. The Morgan fingerprint density at radius 3 is 1.92 bits per heavy atom. The van der Waals surface area contributed by atoms with Crippen LogP contribution in [0.3, 0.4) is 0 Å². The largest absolute Gasteiger partial charge is 0.295 e. The highest BCUT2D eigenvalue weighted by Crippen LogP contribution is 2.25. The van der Waals surface area contributed by atoms with Crippen LogP contribution in [0.2, 0.25) is 0 Å². The summed E-state index contributed by atoms with van der Waals surface area (Å²) in [6.07, 6.45) is 0.389.